The van der Waals surface area contributed by atoms with Gasteiger partial charge in [-0.15, -0.1) is 0 Å². The number of hydrogen-bond acceptors (Lipinski definition) is 9. The summed E-state index contributed by atoms with van der Waals surface area (Å²) in [5, 5.41) is 17.0. The number of nitrogens with zero attached hydrogens (tertiary/aromatic N) is 4. The maximum Gasteiger partial charge on any atom is 0.248 e. The van der Waals surface area contributed by atoms with Crippen LogP contribution in [0, 0.1) is 18.3 Å². The number of rotatable bonds is 11. The molecule has 1 amide bonds. The van der Waals surface area contributed by atoms with Crippen molar-refractivity contribution < 1.29 is 19.0 Å². The third-order valence-corrected chi connectivity index (χ3v) is 7.56. The molecule has 4 aromatic rings. The Morgan fingerprint density at radius 1 is 1.09 bits per heavy atom. The summed E-state index contributed by atoms with van der Waals surface area (Å²) in [7, 11) is 3.25. The van der Waals surface area contributed by atoms with Crippen molar-refractivity contribution in [3.63, 3.8) is 0 Å². The highest BCUT2D eigenvalue weighted by Gasteiger charge is 2.17. The maximum atomic E-state index is 13.1. The Kier molecular flexibility index (Phi) is 10.0. The van der Waals surface area contributed by atoms with E-state index >= 15 is 0 Å². The second kappa shape index (κ2) is 14.5. The highest BCUT2D eigenvalue weighted by atomic mass is 16.5. The van der Waals surface area contributed by atoms with Gasteiger partial charge in [0, 0.05) is 62.4 Å². The topological polar surface area (TPSA) is 122 Å². The number of likely N-dealkylation sites (tertiary alicyclic amines) is 1. The van der Waals surface area contributed by atoms with Gasteiger partial charge in [-0.3, -0.25) is 14.8 Å². The van der Waals surface area contributed by atoms with Gasteiger partial charge < -0.3 is 29.7 Å². The van der Waals surface area contributed by atoms with E-state index in [9.17, 15) is 10.1 Å². The Balaban J connectivity index is 1.36. The summed E-state index contributed by atoms with van der Waals surface area (Å²) in [5.41, 5.74) is 5.72. The fraction of sp³-hybridized carbons (Fsp3) is 0.294. The predicted molar refractivity (Wildman–Crippen MR) is 170 cm³/mol. The van der Waals surface area contributed by atoms with E-state index in [-0.39, 0.29) is 5.91 Å². The van der Waals surface area contributed by atoms with Crippen molar-refractivity contribution in [2.75, 3.05) is 51.1 Å². The zero-order valence-electron chi connectivity index (χ0n) is 25.2. The molecule has 1 aliphatic rings. The summed E-state index contributed by atoms with van der Waals surface area (Å²) < 4.78 is 16.8. The average Bonchev–Trinajstić information content (AvgIpc) is 3.04. The highest BCUT2D eigenvalue weighted by Crippen LogP contribution is 2.36. The largest absolute Gasteiger partial charge is 0.494 e. The van der Waals surface area contributed by atoms with Gasteiger partial charge in [-0.1, -0.05) is 11.6 Å². The molecular weight excluding hydrogens is 556 g/mol. The molecule has 2 aromatic carbocycles. The minimum Gasteiger partial charge on any atom is -0.494 e. The Bertz CT molecular complexity index is 1690. The van der Waals surface area contributed by atoms with Crippen LogP contribution in [0.15, 0.2) is 72.6 Å². The second-order valence-corrected chi connectivity index (χ2v) is 10.6. The molecule has 0 spiro atoms. The zero-order valence-corrected chi connectivity index (χ0v) is 25.2. The van der Waals surface area contributed by atoms with Crippen LogP contribution in [0.3, 0.4) is 0 Å². The smallest absolute Gasteiger partial charge is 0.248 e. The van der Waals surface area contributed by atoms with Crippen LogP contribution in [0.4, 0.5) is 17.1 Å². The van der Waals surface area contributed by atoms with Crippen molar-refractivity contribution in [3.8, 4) is 17.6 Å². The van der Waals surface area contributed by atoms with E-state index in [4.69, 9.17) is 14.2 Å². The Morgan fingerprint density at radius 2 is 1.93 bits per heavy atom. The number of methoxy groups -OCH3 is 2. The number of benzene rings is 2. The number of carbonyl (C=O) groups excluding carboxylic acids is 1. The molecule has 1 aliphatic heterocycles. The summed E-state index contributed by atoms with van der Waals surface area (Å²) in [6, 6.07) is 17.3. The number of amides is 1. The number of anilines is 3. The fourth-order valence-electron chi connectivity index (χ4n) is 5.16. The lowest BCUT2D eigenvalue weighted by atomic mass is 10.0. The SMILES string of the molecule is COCCN1CCC(=CC(=O)Nc2cc3c(Nc4ccc(OCc5ccccn5)c(C)c4)c(C#N)cnc3cc2OC)CC1. The van der Waals surface area contributed by atoms with Crippen molar-refractivity contribution >= 4 is 33.9 Å². The minimum absolute atomic E-state index is 0.223. The van der Waals surface area contributed by atoms with E-state index in [0.29, 0.717) is 46.8 Å². The number of carbonyl (C=O) groups is 1. The Morgan fingerprint density at radius 3 is 2.64 bits per heavy atom. The van der Waals surface area contributed by atoms with Gasteiger partial charge in [-0.05, 0) is 61.7 Å². The zero-order chi connectivity index (χ0) is 30.9. The summed E-state index contributed by atoms with van der Waals surface area (Å²) in [6.07, 6.45) is 6.62. The molecule has 10 nitrogen and oxygen atoms in total. The Labute approximate surface area is 257 Å². The van der Waals surface area contributed by atoms with Crippen molar-refractivity contribution in [1.82, 2.24) is 14.9 Å². The number of piperidine rings is 1. The molecule has 0 atom stereocenters. The van der Waals surface area contributed by atoms with E-state index in [0.717, 1.165) is 60.7 Å². The van der Waals surface area contributed by atoms with Crippen LogP contribution in [0.2, 0.25) is 0 Å². The van der Waals surface area contributed by atoms with Gasteiger partial charge in [0.25, 0.3) is 0 Å². The van der Waals surface area contributed by atoms with Gasteiger partial charge >= 0.3 is 0 Å². The normalized spacial score (nSPS) is 13.3. The molecule has 3 heterocycles. The molecule has 5 rings (SSSR count). The molecule has 44 heavy (non-hydrogen) atoms. The molecule has 0 unspecified atom stereocenters. The van der Waals surface area contributed by atoms with Crippen LogP contribution < -0.4 is 20.1 Å². The number of ether oxygens (including phenoxy) is 3. The third-order valence-electron chi connectivity index (χ3n) is 7.56. The standard InChI is InChI=1S/C34H36N6O4/c1-23-16-26(7-8-31(23)44-22-27-6-4-5-11-36-27)38-34-25(20-35)21-37-29-19-32(43-3)30(18-28(29)34)39-33(41)17-24-9-12-40(13-10-24)14-15-42-2/h4-8,11,16-19,21H,9-10,12-15,22H2,1-3H3,(H,37,38)(H,39,41). The van der Waals surface area contributed by atoms with Crippen molar-refractivity contribution in [1.29, 1.82) is 5.26 Å². The van der Waals surface area contributed by atoms with Crippen molar-refractivity contribution in [2.45, 2.75) is 26.4 Å². The molecule has 1 fully saturated rings. The van der Waals surface area contributed by atoms with Crippen LogP contribution in [-0.4, -0.2) is 61.2 Å². The molecule has 2 aromatic heterocycles. The van der Waals surface area contributed by atoms with E-state index < -0.39 is 0 Å². The lowest BCUT2D eigenvalue weighted by Gasteiger charge is -2.27. The molecule has 0 radical (unpaired) electrons. The first-order valence-corrected chi connectivity index (χ1v) is 14.5. The molecular formula is C34H36N6O4. The number of fused-ring (bicyclic) bond motifs is 1. The van der Waals surface area contributed by atoms with E-state index in [1.807, 2.05) is 43.3 Å². The summed E-state index contributed by atoms with van der Waals surface area (Å²) >= 11 is 0. The van der Waals surface area contributed by atoms with Gasteiger partial charge in [0.1, 0.15) is 24.2 Å². The maximum absolute atomic E-state index is 13.1. The van der Waals surface area contributed by atoms with Crippen LogP contribution in [0.1, 0.15) is 29.7 Å². The number of aromatic nitrogens is 2. The van der Waals surface area contributed by atoms with Gasteiger partial charge in [-0.25, -0.2) is 0 Å². The molecule has 1 saturated heterocycles. The molecule has 226 valence electrons. The molecule has 0 aliphatic carbocycles. The summed E-state index contributed by atoms with van der Waals surface area (Å²) in [6.45, 7) is 5.72. The minimum atomic E-state index is -0.223. The fourth-order valence-corrected chi connectivity index (χ4v) is 5.16. The lowest BCUT2D eigenvalue weighted by Crippen LogP contribution is -2.33. The van der Waals surface area contributed by atoms with Crippen molar-refractivity contribution in [3.05, 3.63) is 89.4 Å². The average molecular weight is 593 g/mol. The monoisotopic (exact) mass is 592 g/mol. The number of aryl methyl sites for hydroxylation is 1. The second-order valence-electron chi connectivity index (χ2n) is 10.6. The molecule has 2 N–H and O–H groups in total. The van der Waals surface area contributed by atoms with Gasteiger partial charge in [0.05, 0.1) is 41.9 Å². The van der Waals surface area contributed by atoms with Gasteiger partial charge in [0.2, 0.25) is 5.91 Å². The van der Waals surface area contributed by atoms with Gasteiger partial charge in [0.15, 0.2) is 0 Å². The molecule has 0 saturated carbocycles. The first-order chi connectivity index (χ1) is 21.5. The van der Waals surface area contributed by atoms with Crippen LogP contribution in [0.25, 0.3) is 10.9 Å². The van der Waals surface area contributed by atoms with Crippen LogP contribution >= 0.6 is 0 Å². The van der Waals surface area contributed by atoms with E-state index in [1.54, 1.807) is 38.6 Å². The molecule has 10 heteroatoms. The van der Waals surface area contributed by atoms with E-state index in [2.05, 4.69) is 31.6 Å². The summed E-state index contributed by atoms with van der Waals surface area (Å²) in [4.78, 5) is 24.2. The number of hydrogen-bond donors (Lipinski definition) is 2. The van der Waals surface area contributed by atoms with Crippen LogP contribution in [0.5, 0.6) is 11.5 Å². The number of pyridine rings is 2. The van der Waals surface area contributed by atoms with Crippen molar-refractivity contribution in [2.24, 2.45) is 0 Å². The highest BCUT2D eigenvalue weighted by molar-refractivity contribution is 6.05. The first-order valence-electron chi connectivity index (χ1n) is 14.5. The summed E-state index contributed by atoms with van der Waals surface area (Å²) in [5.74, 6) is 0.997. The molecule has 0 bridgehead atoms. The number of nitrogens with one attached hydrogen (secondary N) is 2. The lowest BCUT2D eigenvalue weighted by molar-refractivity contribution is -0.112. The Hall–Kier alpha value is -4.98. The third kappa shape index (κ3) is 7.50. The quantitative estimate of drug-likeness (QED) is 0.210. The number of nitriles is 1. The first kappa shape index (κ1) is 30.5. The predicted octanol–water partition coefficient (Wildman–Crippen LogP) is 5.75. The van der Waals surface area contributed by atoms with Gasteiger partial charge in [-0.2, -0.15) is 5.26 Å². The van der Waals surface area contributed by atoms with E-state index in [1.165, 1.54) is 6.20 Å². The van der Waals surface area contributed by atoms with Crippen LogP contribution in [-0.2, 0) is 16.1 Å².